The Morgan fingerprint density at radius 3 is 2.53 bits per heavy atom. The summed E-state index contributed by atoms with van der Waals surface area (Å²) in [5.74, 6) is -0.189. The lowest BCUT2D eigenvalue weighted by Crippen LogP contribution is -2.36. The van der Waals surface area contributed by atoms with Crippen molar-refractivity contribution in [3.05, 3.63) is 0 Å². The van der Waals surface area contributed by atoms with Gasteiger partial charge in [0.25, 0.3) is 0 Å². The van der Waals surface area contributed by atoms with Crippen molar-refractivity contribution in [3.63, 3.8) is 0 Å². The topological polar surface area (TPSA) is 58.6 Å². The van der Waals surface area contributed by atoms with Gasteiger partial charge in [0, 0.05) is 13.0 Å². The summed E-state index contributed by atoms with van der Waals surface area (Å²) in [4.78, 5) is 11.8. The van der Waals surface area contributed by atoms with Gasteiger partial charge in [0.2, 0.25) is 0 Å². The van der Waals surface area contributed by atoms with Crippen molar-refractivity contribution in [2.75, 3.05) is 6.54 Å². The van der Waals surface area contributed by atoms with Gasteiger partial charge in [-0.25, -0.2) is 0 Å². The van der Waals surface area contributed by atoms with Crippen LogP contribution in [0.15, 0.2) is 0 Å². The summed E-state index contributed by atoms with van der Waals surface area (Å²) in [7, 11) is 0. The van der Waals surface area contributed by atoms with Gasteiger partial charge >= 0.3 is 5.97 Å². The van der Waals surface area contributed by atoms with E-state index in [2.05, 4.69) is 19.2 Å². The molecule has 17 heavy (non-hydrogen) atoms. The van der Waals surface area contributed by atoms with Gasteiger partial charge in [-0.3, -0.25) is 4.79 Å². The summed E-state index contributed by atoms with van der Waals surface area (Å²) in [5.41, 5.74) is 0.394. The van der Waals surface area contributed by atoms with Crippen LogP contribution in [0.1, 0.15) is 46.0 Å². The number of hydrogen-bond donors (Lipinski definition) is 2. The number of aliphatic hydroxyl groups is 1. The van der Waals surface area contributed by atoms with Gasteiger partial charge in [-0.2, -0.15) is 0 Å². The molecule has 0 unspecified atom stereocenters. The van der Waals surface area contributed by atoms with Crippen molar-refractivity contribution in [3.8, 4) is 0 Å². The molecule has 0 aromatic carbocycles. The molecule has 2 rings (SSSR count). The van der Waals surface area contributed by atoms with Crippen molar-refractivity contribution >= 4 is 5.97 Å². The quantitative estimate of drug-likeness (QED) is 0.714. The molecule has 0 aromatic rings. The van der Waals surface area contributed by atoms with E-state index in [1.54, 1.807) is 0 Å². The first-order chi connectivity index (χ1) is 7.96. The summed E-state index contributed by atoms with van der Waals surface area (Å²) in [5, 5.41) is 12.3. The monoisotopic (exact) mass is 241 g/mol. The molecule has 2 N–H and O–H groups in total. The van der Waals surface area contributed by atoms with Crippen molar-refractivity contribution in [2.45, 2.75) is 64.2 Å². The normalized spacial score (nSPS) is 33.6. The van der Waals surface area contributed by atoms with Crippen molar-refractivity contribution in [2.24, 2.45) is 5.41 Å². The third-order valence-electron chi connectivity index (χ3n) is 3.96. The number of nitrogens with one attached hydrogen (secondary N) is 1. The standard InChI is InChI=1S/C13H23NO3/c1-13(2)5-3-10(4-6-13)17-12(16)11-7-9(15)8-14-11/h9-11,14-15H,3-8H2,1-2H3/t9-,11+/m1/s1. The van der Waals surface area contributed by atoms with E-state index in [0.29, 0.717) is 18.4 Å². The first kappa shape index (κ1) is 12.8. The van der Waals surface area contributed by atoms with Crippen LogP contribution in [0.4, 0.5) is 0 Å². The number of esters is 1. The van der Waals surface area contributed by atoms with Crippen LogP contribution in [0.25, 0.3) is 0 Å². The molecule has 2 atom stereocenters. The molecule has 0 aromatic heterocycles. The zero-order valence-electron chi connectivity index (χ0n) is 10.7. The Morgan fingerprint density at radius 2 is 2.00 bits per heavy atom. The van der Waals surface area contributed by atoms with E-state index in [-0.39, 0.29) is 18.1 Å². The van der Waals surface area contributed by atoms with E-state index in [9.17, 15) is 9.90 Å². The molecule has 4 nitrogen and oxygen atoms in total. The molecular weight excluding hydrogens is 218 g/mol. The zero-order valence-corrected chi connectivity index (χ0v) is 10.7. The van der Waals surface area contributed by atoms with Crippen LogP contribution in [0.2, 0.25) is 0 Å². The molecule has 0 radical (unpaired) electrons. The molecule has 1 heterocycles. The van der Waals surface area contributed by atoms with Gasteiger partial charge in [-0.05, 0) is 31.1 Å². The maximum atomic E-state index is 11.8. The lowest BCUT2D eigenvalue weighted by atomic mass is 9.76. The Labute approximate surface area is 103 Å². The summed E-state index contributed by atoms with van der Waals surface area (Å²) >= 11 is 0. The van der Waals surface area contributed by atoms with Gasteiger partial charge in [-0.1, -0.05) is 13.8 Å². The van der Waals surface area contributed by atoms with E-state index >= 15 is 0 Å². The summed E-state index contributed by atoms with van der Waals surface area (Å²) in [6.45, 7) is 5.03. The third kappa shape index (κ3) is 3.42. The highest BCUT2D eigenvalue weighted by Gasteiger charge is 2.33. The smallest absolute Gasteiger partial charge is 0.323 e. The van der Waals surface area contributed by atoms with Crippen LogP contribution in [-0.2, 0) is 9.53 Å². The zero-order chi connectivity index (χ0) is 12.5. The molecule has 4 heteroatoms. The lowest BCUT2D eigenvalue weighted by Gasteiger charge is -2.34. The molecule has 1 aliphatic carbocycles. The molecule has 0 bridgehead atoms. The van der Waals surface area contributed by atoms with E-state index in [0.717, 1.165) is 25.7 Å². The average molecular weight is 241 g/mol. The average Bonchev–Trinajstić information content (AvgIpc) is 2.68. The number of hydrogen-bond acceptors (Lipinski definition) is 4. The van der Waals surface area contributed by atoms with Gasteiger partial charge in [0.05, 0.1) is 6.10 Å². The first-order valence-corrected chi connectivity index (χ1v) is 6.58. The highest BCUT2D eigenvalue weighted by atomic mass is 16.5. The SMILES string of the molecule is CC1(C)CCC(OC(=O)[C@@H]2C[C@@H](O)CN2)CC1. The second-order valence-electron chi connectivity index (χ2n) is 6.15. The predicted octanol–water partition coefficient (Wildman–Crippen LogP) is 1.22. The first-order valence-electron chi connectivity index (χ1n) is 6.58. The Bertz CT molecular complexity index is 280. The molecule has 2 aliphatic rings. The second kappa shape index (κ2) is 4.94. The fourth-order valence-electron chi connectivity index (χ4n) is 2.63. The van der Waals surface area contributed by atoms with Crippen LogP contribution < -0.4 is 5.32 Å². The molecule has 2 fully saturated rings. The van der Waals surface area contributed by atoms with Gasteiger partial charge in [-0.15, -0.1) is 0 Å². The number of carbonyl (C=O) groups excluding carboxylic acids is 1. The highest BCUT2D eigenvalue weighted by molar-refractivity contribution is 5.76. The fraction of sp³-hybridized carbons (Fsp3) is 0.923. The second-order valence-corrected chi connectivity index (χ2v) is 6.15. The minimum Gasteiger partial charge on any atom is -0.461 e. The van der Waals surface area contributed by atoms with Gasteiger partial charge < -0.3 is 15.2 Å². The van der Waals surface area contributed by atoms with Crippen molar-refractivity contribution in [1.82, 2.24) is 5.32 Å². The summed E-state index contributed by atoms with van der Waals surface area (Å²) < 4.78 is 5.50. The molecule has 0 spiro atoms. The van der Waals surface area contributed by atoms with Crippen LogP contribution in [0, 0.1) is 5.41 Å². The van der Waals surface area contributed by atoms with Crippen LogP contribution >= 0.6 is 0 Å². The molecule has 1 aliphatic heterocycles. The van der Waals surface area contributed by atoms with E-state index < -0.39 is 6.10 Å². The maximum Gasteiger partial charge on any atom is 0.323 e. The van der Waals surface area contributed by atoms with E-state index in [1.807, 2.05) is 0 Å². The minimum atomic E-state index is -0.405. The minimum absolute atomic E-state index is 0.0788. The largest absolute Gasteiger partial charge is 0.461 e. The van der Waals surface area contributed by atoms with Crippen molar-refractivity contribution < 1.29 is 14.6 Å². The highest BCUT2D eigenvalue weighted by Crippen LogP contribution is 2.36. The Hall–Kier alpha value is -0.610. The number of rotatable bonds is 2. The maximum absolute atomic E-state index is 11.8. The molecule has 1 saturated heterocycles. The number of β-amino-alcohol motifs (C(OH)–C–C–N with tert-alkyl or cyclic N) is 1. The molecule has 0 amide bonds. The molecular formula is C13H23NO3. The summed E-state index contributed by atoms with van der Waals surface area (Å²) in [6, 6.07) is -0.306. The lowest BCUT2D eigenvalue weighted by molar-refractivity contribution is -0.153. The third-order valence-corrected chi connectivity index (χ3v) is 3.96. The number of aliphatic hydroxyl groups excluding tert-OH is 1. The van der Waals surface area contributed by atoms with E-state index in [1.165, 1.54) is 0 Å². The van der Waals surface area contributed by atoms with Crippen LogP contribution in [0.5, 0.6) is 0 Å². The predicted molar refractivity (Wildman–Crippen MR) is 64.5 cm³/mol. The Morgan fingerprint density at radius 1 is 1.35 bits per heavy atom. The summed E-state index contributed by atoms with van der Waals surface area (Å²) in [6.07, 6.45) is 4.32. The Balaban J connectivity index is 1.76. The molecule has 98 valence electrons. The van der Waals surface area contributed by atoms with Crippen LogP contribution in [0.3, 0.4) is 0 Å². The van der Waals surface area contributed by atoms with Crippen LogP contribution in [-0.4, -0.2) is 35.9 Å². The van der Waals surface area contributed by atoms with E-state index in [4.69, 9.17) is 4.74 Å². The van der Waals surface area contributed by atoms with Gasteiger partial charge in [0.15, 0.2) is 0 Å². The number of carbonyl (C=O) groups is 1. The van der Waals surface area contributed by atoms with Crippen molar-refractivity contribution in [1.29, 1.82) is 0 Å². The fourth-order valence-corrected chi connectivity index (χ4v) is 2.63. The number of ether oxygens (including phenoxy) is 1. The Kier molecular flexibility index (Phi) is 3.73. The molecule has 1 saturated carbocycles. The van der Waals surface area contributed by atoms with Gasteiger partial charge in [0.1, 0.15) is 12.1 Å².